The predicted molar refractivity (Wildman–Crippen MR) is 223 cm³/mol. The van der Waals surface area contributed by atoms with Gasteiger partial charge in [0.05, 0.1) is 0 Å². The van der Waals surface area contributed by atoms with Crippen LogP contribution in [0, 0.1) is 96.9 Å². The molecule has 6 aromatic rings. The van der Waals surface area contributed by atoms with Crippen molar-refractivity contribution in [2.45, 2.75) is 96.9 Å². The van der Waals surface area contributed by atoms with Crippen LogP contribution in [0.3, 0.4) is 0 Å². The van der Waals surface area contributed by atoms with Crippen molar-refractivity contribution >= 4 is 0 Å². The molecule has 0 nitrogen and oxygen atoms in total. The smallest absolute Gasteiger partial charge is 0.0181 e. The van der Waals surface area contributed by atoms with Gasteiger partial charge in [-0.2, -0.15) is 0 Å². The highest BCUT2D eigenvalue weighted by Gasteiger charge is 2.02. The molecule has 0 fully saturated rings. The highest BCUT2D eigenvalue weighted by Crippen LogP contribution is 2.25. The first-order chi connectivity index (χ1) is 23.5. The largest absolute Gasteiger partial charge is 0.0590 e. The van der Waals surface area contributed by atoms with E-state index < -0.39 is 0 Å². The molecule has 6 rings (SSSR count). The molecule has 0 heteroatoms. The van der Waals surface area contributed by atoms with Crippen LogP contribution in [0.4, 0.5) is 0 Å². The molecule has 0 aliphatic carbocycles. The van der Waals surface area contributed by atoms with Crippen molar-refractivity contribution < 1.29 is 0 Å². The zero-order chi connectivity index (χ0) is 37.1. The summed E-state index contributed by atoms with van der Waals surface area (Å²) in [5.74, 6) is 0. The summed E-state index contributed by atoms with van der Waals surface area (Å²) in [6.45, 7) is 30.1. The standard InChI is InChI=1S/C16H18.C15H16.C10H14.C9H12/c1-11-5-7-15(9-13(11)3)16-8-6-12(2)14(4)10-16;1-11-4-7-14(8-5-11)15-9-6-12(2)13(3)10-15;1-7-5-9(3)10(4)6-8(7)2;1-7-4-5-8(2)9(3)6-7/h5-10H,1-4H3;4-10H,1-3H3;5-6H,1-4H3;4-6H,1-3H3. The quantitative estimate of drug-likeness (QED) is 0.173. The zero-order valence-electron chi connectivity index (χ0n) is 33.4. The molecule has 0 amide bonds. The van der Waals surface area contributed by atoms with Gasteiger partial charge in [-0.1, -0.05) is 120 Å². The summed E-state index contributed by atoms with van der Waals surface area (Å²) in [7, 11) is 0. The van der Waals surface area contributed by atoms with Crippen LogP contribution in [0.5, 0.6) is 0 Å². The number of aryl methyl sites for hydroxylation is 14. The van der Waals surface area contributed by atoms with E-state index in [4.69, 9.17) is 0 Å². The molecule has 0 saturated carbocycles. The minimum absolute atomic E-state index is 1.30. The normalized spacial score (nSPS) is 10.2. The van der Waals surface area contributed by atoms with E-state index in [1.807, 2.05) is 0 Å². The molecule has 0 aromatic heterocycles. The van der Waals surface area contributed by atoms with Gasteiger partial charge in [0.25, 0.3) is 0 Å². The third-order valence-electron chi connectivity index (χ3n) is 10.0. The highest BCUT2D eigenvalue weighted by molar-refractivity contribution is 5.66. The molecular weight excluding hydrogens is 601 g/mol. The molecule has 0 aliphatic rings. The van der Waals surface area contributed by atoms with E-state index in [0.717, 1.165) is 0 Å². The summed E-state index contributed by atoms with van der Waals surface area (Å²) in [5, 5.41) is 0. The maximum absolute atomic E-state index is 2.26. The Bertz CT molecular complexity index is 1920. The van der Waals surface area contributed by atoms with Crippen molar-refractivity contribution in [1.82, 2.24) is 0 Å². The van der Waals surface area contributed by atoms with Gasteiger partial charge in [-0.25, -0.2) is 0 Å². The number of hydrogen-bond donors (Lipinski definition) is 0. The Kier molecular flexibility index (Phi) is 14.6. The predicted octanol–water partition coefficient (Wildman–Crippen LogP) is 14.4. The summed E-state index contributed by atoms with van der Waals surface area (Å²) in [6.07, 6.45) is 0. The second-order valence-electron chi connectivity index (χ2n) is 14.4. The van der Waals surface area contributed by atoms with Gasteiger partial charge in [0.1, 0.15) is 0 Å². The van der Waals surface area contributed by atoms with E-state index in [0.29, 0.717) is 0 Å². The topological polar surface area (TPSA) is 0 Å². The summed E-state index contributed by atoms with van der Waals surface area (Å²) in [4.78, 5) is 0. The summed E-state index contributed by atoms with van der Waals surface area (Å²) in [6, 6.07) is 39.6. The van der Waals surface area contributed by atoms with E-state index >= 15 is 0 Å². The van der Waals surface area contributed by atoms with E-state index in [9.17, 15) is 0 Å². The fourth-order valence-corrected chi connectivity index (χ4v) is 5.51. The Labute approximate surface area is 305 Å². The summed E-state index contributed by atoms with van der Waals surface area (Å²) in [5.41, 5.74) is 24.3. The van der Waals surface area contributed by atoms with Gasteiger partial charge >= 0.3 is 0 Å². The third-order valence-corrected chi connectivity index (χ3v) is 10.0. The monoisotopic (exact) mass is 660 g/mol. The molecule has 0 heterocycles. The average Bonchev–Trinajstić information content (AvgIpc) is 3.07. The Morgan fingerprint density at radius 3 is 0.720 bits per heavy atom. The number of rotatable bonds is 2. The molecule has 0 N–H and O–H groups in total. The van der Waals surface area contributed by atoms with Crippen molar-refractivity contribution in [2.24, 2.45) is 0 Å². The lowest BCUT2D eigenvalue weighted by molar-refractivity contribution is 1.24. The third kappa shape index (κ3) is 11.7. The van der Waals surface area contributed by atoms with Gasteiger partial charge in [-0.3, -0.25) is 0 Å². The lowest BCUT2D eigenvalue weighted by Crippen LogP contribution is -1.86. The fourth-order valence-electron chi connectivity index (χ4n) is 5.51. The Morgan fingerprint density at radius 2 is 0.420 bits per heavy atom. The molecule has 6 aromatic carbocycles. The first kappa shape index (κ1) is 39.8. The molecule has 260 valence electrons. The molecule has 0 bridgehead atoms. The minimum Gasteiger partial charge on any atom is -0.0590 e. The van der Waals surface area contributed by atoms with Crippen LogP contribution < -0.4 is 0 Å². The van der Waals surface area contributed by atoms with Crippen LogP contribution in [0.2, 0.25) is 0 Å². The van der Waals surface area contributed by atoms with Gasteiger partial charge in [0, 0.05) is 0 Å². The van der Waals surface area contributed by atoms with Crippen LogP contribution >= 0.6 is 0 Å². The average molecular weight is 661 g/mol. The lowest BCUT2D eigenvalue weighted by atomic mass is 9.98. The van der Waals surface area contributed by atoms with Crippen LogP contribution in [0.25, 0.3) is 22.3 Å². The van der Waals surface area contributed by atoms with Gasteiger partial charge in [0.2, 0.25) is 0 Å². The summed E-state index contributed by atoms with van der Waals surface area (Å²) >= 11 is 0. The van der Waals surface area contributed by atoms with Gasteiger partial charge < -0.3 is 0 Å². The number of hydrogen-bond acceptors (Lipinski definition) is 0. The molecular formula is C50H60. The van der Waals surface area contributed by atoms with Crippen LogP contribution in [0.15, 0.2) is 109 Å². The van der Waals surface area contributed by atoms with Crippen LogP contribution in [-0.2, 0) is 0 Å². The van der Waals surface area contributed by atoms with Crippen LogP contribution in [-0.4, -0.2) is 0 Å². The zero-order valence-corrected chi connectivity index (χ0v) is 33.4. The Balaban J connectivity index is 0.000000185. The number of benzene rings is 6. The van der Waals surface area contributed by atoms with Gasteiger partial charge in [-0.15, -0.1) is 0 Å². The summed E-state index contributed by atoms with van der Waals surface area (Å²) < 4.78 is 0. The molecule has 50 heavy (non-hydrogen) atoms. The van der Waals surface area contributed by atoms with E-state index in [2.05, 4.69) is 206 Å². The van der Waals surface area contributed by atoms with Crippen LogP contribution in [0.1, 0.15) is 77.9 Å². The second-order valence-corrected chi connectivity index (χ2v) is 14.4. The molecule has 0 spiro atoms. The Morgan fingerprint density at radius 1 is 0.180 bits per heavy atom. The lowest BCUT2D eigenvalue weighted by Gasteiger charge is -2.08. The first-order valence-electron chi connectivity index (χ1n) is 17.9. The molecule has 0 radical (unpaired) electrons. The molecule has 0 saturated heterocycles. The maximum Gasteiger partial charge on any atom is -0.0181 e. The van der Waals surface area contributed by atoms with E-state index in [1.165, 1.54) is 100 Å². The van der Waals surface area contributed by atoms with Crippen molar-refractivity contribution in [1.29, 1.82) is 0 Å². The molecule has 0 atom stereocenters. The first-order valence-corrected chi connectivity index (χ1v) is 17.9. The Hall–Kier alpha value is -4.68. The van der Waals surface area contributed by atoms with Gasteiger partial charge in [-0.05, 0) is 186 Å². The SMILES string of the molecule is Cc1cc(C)c(C)cc1C.Cc1ccc(-c2ccc(C)c(C)c2)cc1.Cc1ccc(-c2ccc(C)c(C)c2)cc1C.Cc1ccc(C)c(C)c1. The minimum atomic E-state index is 1.30. The van der Waals surface area contributed by atoms with Crippen molar-refractivity contribution in [2.75, 3.05) is 0 Å². The van der Waals surface area contributed by atoms with Crippen molar-refractivity contribution in [3.63, 3.8) is 0 Å². The second kappa shape index (κ2) is 18.4. The van der Waals surface area contributed by atoms with E-state index in [-0.39, 0.29) is 0 Å². The van der Waals surface area contributed by atoms with Crippen molar-refractivity contribution in [3.8, 4) is 22.3 Å². The molecule has 0 aliphatic heterocycles. The molecule has 0 unspecified atom stereocenters. The van der Waals surface area contributed by atoms with Crippen molar-refractivity contribution in [3.05, 3.63) is 187 Å². The fraction of sp³-hybridized carbons (Fsp3) is 0.280. The highest BCUT2D eigenvalue weighted by atomic mass is 14.1. The van der Waals surface area contributed by atoms with Gasteiger partial charge in [0.15, 0.2) is 0 Å². The van der Waals surface area contributed by atoms with E-state index in [1.54, 1.807) is 0 Å². The maximum atomic E-state index is 2.26.